The second-order valence-electron chi connectivity index (χ2n) is 6.73. The minimum absolute atomic E-state index is 0.0159. The summed E-state index contributed by atoms with van der Waals surface area (Å²) in [5.74, 6) is 0.711. The van der Waals surface area contributed by atoms with Crippen LogP contribution < -0.4 is 16.4 Å². The zero-order valence-corrected chi connectivity index (χ0v) is 15.1. The van der Waals surface area contributed by atoms with Gasteiger partial charge in [-0.2, -0.15) is 0 Å². The van der Waals surface area contributed by atoms with Gasteiger partial charge in [0.15, 0.2) is 0 Å². The van der Waals surface area contributed by atoms with E-state index in [2.05, 4.69) is 48.7 Å². The minimum Gasteiger partial charge on any atom is -0.352 e. The van der Waals surface area contributed by atoms with E-state index in [0.29, 0.717) is 18.9 Å². The van der Waals surface area contributed by atoms with Gasteiger partial charge in [-0.25, -0.2) is 4.79 Å². The number of primary amides is 1. The molecule has 5 heteroatoms. The zero-order valence-electron chi connectivity index (χ0n) is 15.1. The van der Waals surface area contributed by atoms with Crippen LogP contribution in [0.1, 0.15) is 63.6 Å². The number of unbranched alkanes of at least 4 members (excludes halogenated alkanes) is 2. The summed E-state index contributed by atoms with van der Waals surface area (Å²) in [6.45, 7) is 6.99. The van der Waals surface area contributed by atoms with Crippen molar-refractivity contribution in [2.45, 2.75) is 58.9 Å². The van der Waals surface area contributed by atoms with Gasteiger partial charge in [0.25, 0.3) is 0 Å². The largest absolute Gasteiger partial charge is 0.352 e. The predicted molar refractivity (Wildman–Crippen MR) is 97.6 cm³/mol. The first-order valence-electron chi connectivity index (χ1n) is 8.80. The van der Waals surface area contributed by atoms with E-state index >= 15 is 0 Å². The summed E-state index contributed by atoms with van der Waals surface area (Å²) in [4.78, 5) is 22.5. The lowest BCUT2D eigenvalue weighted by Crippen LogP contribution is -2.30. The molecule has 0 aliphatic rings. The molecule has 1 aromatic carbocycles. The average Bonchev–Trinajstić information content (AvgIpc) is 2.50. The van der Waals surface area contributed by atoms with Crippen molar-refractivity contribution >= 4 is 11.9 Å². The molecule has 0 unspecified atom stereocenters. The standard InChI is InChI=1S/C19H31N3O2/c1-14(2)13-16-8-10-17(11-9-16)15(3)22-18(23)7-5-4-6-12-21-19(20)24/h8-11,14-15H,4-7,12-13H2,1-3H3,(H,22,23)(H3,20,21,24)/t15-/m0/s1. The molecule has 1 rings (SSSR count). The molecule has 0 aliphatic carbocycles. The van der Waals surface area contributed by atoms with Crippen LogP contribution in [-0.2, 0) is 11.2 Å². The first kappa shape index (κ1) is 20.0. The van der Waals surface area contributed by atoms with E-state index in [1.54, 1.807) is 0 Å². The molecule has 3 amide bonds. The van der Waals surface area contributed by atoms with Crippen LogP contribution in [0.2, 0.25) is 0 Å². The Kier molecular flexibility index (Phi) is 8.90. The Labute approximate surface area is 145 Å². The number of benzene rings is 1. The van der Waals surface area contributed by atoms with Gasteiger partial charge in [0, 0.05) is 13.0 Å². The summed E-state index contributed by atoms with van der Waals surface area (Å²) >= 11 is 0. The van der Waals surface area contributed by atoms with Crippen molar-refractivity contribution < 1.29 is 9.59 Å². The van der Waals surface area contributed by atoms with E-state index in [1.165, 1.54) is 5.56 Å². The number of nitrogens with two attached hydrogens (primary N) is 1. The Morgan fingerprint density at radius 1 is 1.04 bits per heavy atom. The van der Waals surface area contributed by atoms with E-state index in [0.717, 1.165) is 31.2 Å². The lowest BCUT2D eigenvalue weighted by Gasteiger charge is -2.15. The van der Waals surface area contributed by atoms with Crippen LogP contribution in [-0.4, -0.2) is 18.5 Å². The number of nitrogens with one attached hydrogen (secondary N) is 2. The van der Waals surface area contributed by atoms with Gasteiger partial charge in [0.2, 0.25) is 5.91 Å². The fourth-order valence-electron chi connectivity index (χ4n) is 2.61. The highest BCUT2D eigenvalue weighted by atomic mass is 16.2. The quantitative estimate of drug-likeness (QED) is 0.574. The van der Waals surface area contributed by atoms with Crippen molar-refractivity contribution in [1.29, 1.82) is 0 Å². The second-order valence-corrected chi connectivity index (χ2v) is 6.73. The Hall–Kier alpha value is -2.04. The van der Waals surface area contributed by atoms with Crippen LogP contribution in [0.25, 0.3) is 0 Å². The molecule has 0 aliphatic heterocycles. The highest BCUT2D eigenvalue weighted by molar-refractivity contribution is 5.76. The van der Waals surface area contributed by atoms with Gasteiger partial charge >= 0.3 is 6.03 Å². The Balaban J connectivity index is 2.27. The highest BCUT2D eigenvalue weighted by Crippen LogP contribution is 2.16. The Bertz CT molecular complexity index is 512. The molecule has 0 spiro atoms. The first-order chi connectivity index (χ1) is 11.4. The van der Waals surface area contributed by atoms with Crippen LogP contribution in [0.5, 0.6) is 0 Å². The summed E-state index contributed by atoms with van der Waals surface area (Å²) in [5, 5.41) is 5.58. The molecule has 4 N–H and O–H groups in total. The van der Waals surface area contributed by atoms with Crippen molar-refractivity contribution in [3.05, 3.63) is 35.4 Å². The lowest BCUT2D eigenvalue weighted by molar-refractivity contribution is -0.121. The molecular weight excluding hydrogens is 302 g/mol. The zero-order chi connectivity index (χ0) is 17.9. The van der Waals surface area contributed by atoms with Crippen molar-refractivity contribution in [3.8, 4) is 0 Å². The number of carbonyl (C=O) groups is 2. The summed E-state index contributed by atoms with van der Waals surface area (Å²) in [5.41, 5.74) is 7.44. The van der Waals surface area contributed by atoms with Crippen LogP contribution in [0.3, 0.4) is 0 Å². The molecule has 0 aromatic heterocycles. The van der Waals surface area contributed by atoms with Gasteiger partial charge < -0.3 is 16.4 Å². The third kappa shape index (κ3) is 8.56. The number of carbonyl (C=O) groups excluding carboxylic acids is 2. The van der Waals surface area contributed by atoms with Crippen molar-refractivity contribution in [3.63, 3.8) is 0 Å². The van der Waals surface area contributed by atoms with Gasteiger partial charge in [-0.05, 0) is 43.2 Å². The molecule has 1 atom stereocenters. The Morgan fingerprint density at radius 2 is 1.71 bits per heavy atom. The fourth-order valence-corrected chi connectivity index (χ4v) is 2.61. The maximum absolute atomic E-state index is 12.0. The summed E-state index contributed by atoms with van der Waals surface area (Å²) < 4.78 is 0. The van der Waals surface area contributed by atoms with Crippen molar-refractivity contribution in [2.75, 3.05) is 6.54 Å². The SMILES string of the molecule is CC(C)Cc1ccc([C@H](C)NC(=O)CCCCCNC(N)=O)cc1. The molecule has 1 aromatic rings. The molecule has 0 bridgehead atoms. The molecule has 0 radical (unpaired) electrons. The molecule has 0 heterocycles. The smallest absolute Gasteiger partial charge is 0.312 e. The number of rotatable bonds is 10. The number of urea groups is 1. The fraction of sp³-hybridized carbons (Fsp3) is 0.579. The number of amides is 3. The van der Waals surface area contributed by atoms with Gasteiger partial charge in [-0.1, -0.05) is 44.5 Å². The summed E-state index contributed by atoms with van der Waals surface area (Å²) in [6.07, 6.45) is 4.12. The first-order valence-corrected chi connectivity index (χ1v) is 8.80. The van der Waals surface area contributed by atoms with E-state index in [-0.39, 0.29) is 11.9 Å². The third-order valence-corrected chi connectivity index (χ3v) is 3.88. The van der Waals surface area contributed by atoms with Crippen molar-refractivity contribution in [2.24, 2.45) is 11.7 Å². The molecule has 5 nitrogen and oxygen atoms in total. The van der Waals surface area contributed by atoms with Gasteiger partial charge in [0.05, 0.1) is 6.04 Å². The molecule has 0 saturated heterocycles. The van der Waals surface area contributed by atoms with Crippen molar-refractivity contribution in [1.82, 2.24) is 10.6 Å². The number of hydrogen-bond acceptors (Lipinski definition) is 2. The van der Waals surface area contributed by atoms with Crippen LogP contribution in [0.4, 0.5) is 4.79 Å². The number of hydrogen-bond donors (Lipinski definition) is 3. The van der Waals surface area contributed by atoms with E-state index in [4.69, 9.17) is 5.73 Å². The van der Waals surface area contributed by atoms with Gasteiger partial charge in [0.1, 0.15) is 0 Å². The lowest BCUT2D eigenvalue weighted by atomic mass is 10.00. The minimum atomic E-state index is -0.499. The maximum Gasteiger partial charge on any atom is 0.312 e. The van der Waals surface area contributed by atoms with Crippen LogP contribution in [0.15, 0.2) is 24.3 Å². The Morgan fingerprint density at radius 3 is 2.29 bits per heavy atom. The van der Waals surface area contributed by atoms with Crippen LogP contribution >= 0.6 is 0 Å². The van der Waals surface area contributed by atoms with Gasteiger partial charge in [-0.15, -0.1) is 0 Å². The molecule has 134 valence electrons. The van der Waals surface area contributed by atoms with E-state index < -0.39 is 6.03 Å². The molecule has 24 heavy (non-hydrogen) atoms. The molecular formula is C19H31N3O2. The maximum atomic E-state index is 12.0. The highest BCUT2D eigenvalue weighted by Gasteiger charge is 2.09. The van der Waals surface area contributed by atoms with E-state index in [1.807, 2.05) is 6.92 Å². The van der Waals surface area contributed by atoms with Crippen LogP contribution in [0, 0.1) is 5.92 Å². The monoisotopic (exact) mass is 333 g/mol. The molecule has 0 fully saturated rings. The van der Waals surface area contributed by atoms with Gasteiger partial charge in [-0.3, -0.25) is 4.79 Å². The molecule has 0 saturated carbocycles. The topological polar surface area (TPSA) is 84.2 Å². The third-order valence-electron chi connectivity index (χ3n) is 3.88. The average molecular weight is 333 g/mol. The second kappa shape index (κ2) is 10.7. The normalized spacial score (nSPS) is 12.0. The van der Waals surface area contributed by atoms with E-state index in [9.17, 15) is 9.59 Å². The summed E-state index contributed by atoms with van der Waals surface area (Å²) in [6, 6.07) is 7.99. The predicted octanol–water partition coefficient (Wildman–Crippen LogP) is 3.29. The summed E-state index contributed by atoms with van der Waals surface area (Å²) in [7, 11) is 0.